The molecular formula is C18H19ClN2O. The maximum absolute atomic E-state index is 6.58. The normalized spacial score (nSPS) is 26.3. The van der Waals surface area contributed by atoms with Crippen LogP contribution in [0.15, 0.2) is 42.5 Å². The Bertz CT molecular complexity index is 718. The SMILES string of the molecule is C[C@H]1CCN2c3cc(Cl)ccc3Oc3ccccc3[C@@H]2[C@H]1N. The van der Waals surface area contributed by atoms with Gasteiger partial charge in [-0.25, -0.2) is 0 Å². The molecule has 22 heavy (non-hydrogen) atoms. The topological polar surface area (TPSA) is 38.5 Å². The van der Waals surface area contributed by atoms with Crippen LogP contribution in [-0.2, 0) is 0 Å². The number of nitrogens with two attached hydrogens (primary N) is 1. The van der Waals surface area contributed by atoms with Crippen LogP contribution in [0.4, 0.5) is 5.69 Å². The van der Waals surface area contributed by atoms with Gasteiger partial charge >= 0.3 is 0 Å². The number of fused-ring (bicyclic) bond motifs is 5. The Morgan fingerprint density at radius 2 is 2.00 bits per heavy atom. The molecule has 3 atom stereocenters. The molecule has 1 fully saturated rings. The van der Waals surface area contributed by atoms with Crippen molar-refractivity contribution in [3.05, 3.63) is 53.1 Å². The number of benzene rings is 2. The van der Waals surface area contributed by atoms with E-state index in [1.54, 1.807) is 0 Å². The van der Waals surface area contributed by atoms with E-state index in [1.807, 2.05) is 30.3 Å². The summed E-state index contributed by atoms with van der Waals surface area (Å²) >= 11 is 6.22. The third-order valence-corrected chi connectivity index (χ3v) is 5.11. The smallest absolute Gasteiger partial charge is 0.150 e. The summed E-state index contributed by atoms with van der Waals surface area (Å²) in [4.78, 5) is 2.36. The van der Waals surface area contributed by atoms with Gasteiger partial charge in [0.1, 0.15) is 5.75 Å². The molecule has 4 heteroatoms. The van der Waals surface area contributed by atoms with E-state index in [9.17, 15) is 0 Å². The standard InChI is InChI=1S/C18H19ClN2O/c1-11-8-9-21-14-10-12(19)6-7-16(14)22-15-5-3-2-4-13(15)18(21)17(11)20/h2-7,10-11,17-18H,8-9,20H2,1H3/t11-,17-,18+/m0/s1. The van der Waals surface area contributed by atoms with Gasteiger partial charge < -0.3 is 15.4 Å². The second-order valence-electron chi connectivity index (χ2n) is 6.23. The maximum Gasteiger partial charge on any atom is 0.150 e. The Balaban J connectivity index is 1.94. The molecule has 1 saturated heterocycles. The summed E-state index contributed by atoms with van der Waals surface area (Å²) in [5, 5.41) is 0.722. The van der Waals surface area contributed by atoms with Gasteiger partial charge in [-0.15, -0.1) is 0 Å². The molecule has 2 heterocycles. The van der Waals surface area contributed by atoms with Gasteiger partial charge in [0.15, 0.2) is 5.75 Å². The number of nitrogens with zero attached hydrogens (tertiary/aromatic N) is 1. The highest BCUT2D eigenvalue weighted by atomic mass is 35.5. The van der Waals surface area contributed by atoms with Crippen LogP contribution in [0.2, 0.25) is 5.02 Å². The van der Waals surface area contributed by atoms with Gasteiger partial charge in [-0.3, -0.25) is 0 Å². The van der Waals surface area contributed by atoms with E-state index in [0.717, 1.165) is 40.7 Å². The zero-order valence-corrected chi connectivity index (χ0v) is 13.3. The molecule has 0 aromatic heterocycles. The molecule has 4 rings (SSSR count). The van der Waals surface area contributed by atoms with Crippen molar-refractivity contribution in [2.45, 2.75) is 25.4 Å². The van der Waals surface area contributed by atoms with Gasteiger partial charge in [0.25, 0.3) is 0 Å². The van der Waals surface area contributed by atoms with Crippen molar-refractivity contribution in [3.8, 4) is 11.5 Å². The Morgan fingerprint density at radius 1 is 1.18 bits per heavy atom. The predicted octanol–water partition coefficient (Wildman–Crippen LogP) is 4.36. The van der Waals surface area contributed by atoms with Crippen LogP contribution in [0.5, 0.6) is 11.5 Å². The number of piperidine rings is 1. The highest BCUT2D eigenvalue weighted by Gasteiger charge is 2.39. The van der Waals surface area contributed by atoms with Crippen molar-refractivity contribution in [2.75, 3.05) is 11.4 Å². The van der Waals surface area contributed by atoms with Gasteiger partial charge in [-0.2, -0.15) is 0 Å². The highest BCUT2D eigenvalue weighted by Crippen LogP contribution is 2.48. The van der Waals surface area contributed by atoms with Crippen LogP contribution in [0.3, 0.4) is 0 Å². The second-order valence-corrected chi connectivity index (χ2v) is 6.67. The second kappa shape index (κ2) is 5.18. The average Bonchev–Trinajstić information content (AvgIpc) is 2.65. The molecule has 0 unspecified atom stereocenters. The van der Waals surface area contributed by atoms with E-state index in [0.29, 0.717) is 5.92 Å². The zero-order valence-electron chi connectivity index (χ0n) is 12.5. The van der Waals surface area contributed by atoms with Crippen LogP contribution < -0.4 is 15.4 Å². The van der Waals surface area contributed by atoms with Crippen molar-refractivity contribution in [1.82, 2.24) is 0 Å². The summed E-state index contributed by atoms with van der Waals surface area (Å²) in [5.41, 5.74) is 8.78. The van der Waals surface area contributed by atoms with Crippen molar-refractivity contribution >= 4 is 17.3 Å². The molecule has 2 aliphatic heterocycles. The maximum atomic E-state index is 6.58. The Labute approximate surface area is 135 Å². The molecule has 0 amide bonds. The number of halogens is 1. The zero-order chi connectivity index (χ0) is 15.3. The molecule has 0 aliphatic carbocycles. The first kappa shape index (κ1) is 13.9. The third-order valence-electron chi connectivity index (χ3n) is 4.87. The lowest BCUT2D eigenvalue weighted by molar-refractivity contribution is 0.312. The summed E-state index contributed by atoms with van der Waals surface area (Å²) in [6.07, 6.45) is 1.08. The predicted molar refractivity (Wildman–Crippen MR) is 89.8 cm³/mol. The van der Waals surface area contributed by atoms with E-state index in [1.165, 1.54) is 0 Å². The summed E-state index contributed by atoms with van der Waals surface area (Å²) in [6.45, 7) is 3.19. The summed E-state index contributed by atoms with van der Waals surface area (Å²) in [7, 11) is 0. The fourth-order valence-electron chi connectivity index (χ4n) is 3.58. The van der Waals surface area contributed by atoms with E-state index >= 15 is 0 Å². The van der Waals surface area contributed by atoms with Gasteiger partial charge in [-0.1, -0.05) is 36.7 Å². The molecule has 3 nitrogen and oxygen atoms in total. The van der Waals surface area contributed by atoms with Crippen molar-refractivity contribution < 1.29 is 4.74 Å². The Kier molecular flexibility index (Phi) is 3.28. The number of ether oxygens (including phenoxy) is 1. The molecule has 2 aromatic carbocycles. The third kappa shape index (κ3) is 2.08. The first-order valence-electron chi connectivity index (χ1n) is 7.73. The molecule has 2 aromatic rings. The minimum atomic E-state index is 0.0726. The van der Waals surface area contributed by atoms with Crippen LogP contribution in [0, 0.1) is 5.92 Å². The van der Waals surface area contributed by atoms with E-state index in [4.69, 9.17) is 22.1 Å². The van der Waals surface area contributed by atoms with Gasteiger partial charge in [0, 0.05) is 23.2 Å². The average molecular weight is 315 g/mol. The van der Waals surface area contributed by atoms with Crippen LogP contribution in [0.25, 0.3) is 0 Å². The fraction of sp³-hybridized carbons (Fsp3) is 0.333. The quantitative estimate of drug-likeness (QED) is 0.785. The monoisotopic (exact) mass is 314 g/mol. The minimum Gasteiger partial charge on any atom is -0.455 e. The number of para-hydroxylation sites is 1. The summed E-state index contributed by atoms with van der Waals surface area (Å²) in [5.74, 6) is 2.22. The van der Waals surface area contributed by atoms with Crippen LogP contribution in [-0.4, -0.2) is 12.6 Å². The minimum absolute atomic E-state index is 0.0726. The van der Waals surface area contributed by atoms with Crippen LogP contribution >= 0.6 is 11.6 Å². The molecule has 0 spiro atoms. The Morgan fingerprint density at radius 3 is 2.86 bits per heavy atom. The molecule has 2 N–H and O–H groups in total. The number of hydrogen-bond donors (Lipinski definition) is 1. The lowest BCUT2D eigenvalue weighted by atomic mass is 9.83. The van der Waals surface area contributed by atoms with Gasteiger partial charge in [0.05, 0.1) is 11.7 Å². The Hall–Kier alpha value is -1.71. The van der Waals surface area contributed by atoms with Crippen molar-refractivity contribution in [3.63, 3.8) is 0 Å². The van der Waals surface area contributed by atoms with E-state index in [-0.39, 0.29) is 12.1 Å². The number of rotatable bonds is 0. The summed E-state index contributed by atoms with van der Waals surface area (Å²) in [6, 6.07) is 14.2. The molecule has 2 aliphatic rings. The number of hydrogen-bond acceptors (Lipinski definition) is 3. The lowest BCUT2D eigenvalue weighted by Gasteiger charge is -2.43. The van der Waals surface area contributed by atoms with E-state index in [2.05, 4.69) is 24.0 Å². The molecule has 114 valence electrons. The van der Waals surface area contributed by atoms with E-state index < -0.39 is 0 Å². The fourth-order valence-corrected chi connectivity index (χ4v) is 3.74. The summed E-state index contributed by atoms with van der Waals surface area (Å²) < 4.78 is 6.18. The highest BCUT2D eigenvalue weighted by molar-refractivity contribution is 6.31. The van der Waals surface area contributed by atoms with Crippen molar-refractivity contribution in [1.29, 1.82) is 0 Å². The first-order chi connectivity index (χ1) is 10.6. The van der Waals surface area contributed by atoms with Gasteiger partial charge in [0.2, 0.25) is 0 Å². The molecule has 0 radical (unpaired) electrons. The molecule has 0 saturated carbocycles. The lowest BCUT2D eigenvalue weighted by Crippen LogP contribution is -2.50. The van der Waals surface area contributed by atoms with Crippen LogP contribution in [0.1, 0.15) is 24.9 Å². The first-order valence-corrected chi connectivity index (χ1v) is 8.11. The largest absolute Gasteiger partial charge is 0.455 e. The van der Waals surface area contributed by atoms with Gasteiger partial charge in [-0.05, 0) is 36.6 Å². The number of anilines is 1. The molecule has 0 bridgehead atoms. The molecular weight excluding hydrogens is 296 g/mol. The van der Waals surface area contributed by atoms with Crippen molar-refractivity contribution in [2.24, 2.45) is 11.7 Å².